The van der Waals surface area contributed by atoms with Gasteiger partial charge in [0.15, 0.2) is 5.82 Å². The van der Waals surface area contributed by atoms with E-state index in [1.807, 2.05) is 24.4 Å². The summed E-state index contributed by atoms with van der Waals surface area (Å²) >= 11 is 0. The number of hydrogen-bond donors (Lipinski definition) is 2. The molecular weight excluding hydrogens is 406 g/mol. The highest BCUT2D eigenvalue weighted by Crippen LogP contribution is 2.47. The van der Waals surface area contributed by atoms with Crippen LogP contribution in [0.25, 0.3) is 5.52 Å². The van der Waals surface area contributed by atoms with Gasteiger partial charge < -0.3 is 10.4 Å². The Balaban J connectivity index is 1.31. The molecule has 9 nitrogen and oxygen atoms in total. The normalized spacial score (nSPS) is 22.7. The molecule has 2 unspecified atom stereocenters. The Morgan fingerprint density at radius 3 is 3.16 bits per heavy atom. The van der Waals surface area contributed by atoms with Crippen LogP contribution in [0.4, 0.5) is 0 Å². The van der Waals surface area contributed by atoms with Crippen molar-refractivity contribution < 1.29 is 9.90 Å². The van der Waals surface area contributed by atoms with Crippen LogP contribution in [0.1, 0.15) is 60.9 Å². The summed E-state index contributed by atoms with van der Waals surface area (Å²) in [6.07, 6.45) is 10.5. The van der Waals surface area contributed by atoms with Gasteiger partial charge in [-0.05, 0) is 66.8 Å². The predicted octanol–water partition coefficient (Wildman–Crippen LogP) is 2.16. The van der Waals surface area contributed by atoms with Gasteiger partial charge in [-0.15, -0.1) is 10.2 Å². The van der Waals surface area contributed by atoms with Gasteiger partial charge >= 0.3 is 0 Å². The summed E-state index contributed by atoms with van der Waals surface area (Å²) in [5, 5.41) is 29.0. The van der Waals surface area contributed by atoms with Crippen molar-refractivity contribution >= 4 is 11.4 Å². The quantitative estimate of drug-likeness (QED) is 0.551. The highest BCUT2D eigenvalue weighted by Gasteiger charge is 2.38. The average molecular weight is 436 g/mol. The molecule has 2 aliphatic carbocycles. The average Bonchev–Trinajstić information content (AvgIpc) is 3.38. The molecular formula is C23H29N7O2. The van der Waals surface area contributed by atoms with Crippen LogP contribution in [0.15, 0.2) is 36.0 Å². The number of tetrazole rings is 1. The van der Waals surface area contributed by atoms with Gasteiger partial charge in [-0.25, -0.2) is 4.52 Å². The molecule has 1 fully saturated rings. The molecule has 0 saturated heterocycles. The van der Waals surface area contributed by atoms with Gasteiger partial charge in [0.25, 0.3) is 5.91 Å². The Morgan fingerprint density at radius 1 is 1.38 bits per heavy atom. The second kappa shape index (κ2) is 8.46. The first-order valence-corrected chi connectivity index (χ1v) is 11.4. The number of carbonyl (C=O) groups excluding carboxylic acids is 1. The summed E-state index contributed by atoms with van der Waals surface area (Å²) in [6.45, 7) is 3.33. The van der Waals surface area contributed by atoms with E-state index in [1.165, 1.54) is 24.1 Å². The molecule has 2 bridgehead atoms. The Hall–Kier alpha value is -3.07. The molecule has 1 amide bonds. The summed E-state index contributed by atoms with van der Waals surface area (Å²) in [4.78, 5) is 14.6. The minimum atomic E-state index is -0.0603. The SMILES string of the molecule is CC1C=C2CCCC(CNC(=O)c3cccn4nc(Cn5nnc(CCO)n5)cc34)(C2)C1. The van der Waals surface area contributed by atoms with Crippen LogP contribution < -0.4 is 5.32 Å². The number of carbonyl (C=O) groups is 1. The number of nitrogens with one attached hydrogen (secondary N) is 1. The molecule has 5 rings (SSSR count). The van der Waals surface area contributed by atoms with E-state index in [0.29, 0.717) is 36.8 Å². The van der Waals surface area contributed by atoms with E-state index < -0.39 is 0 Å². The number of allylic oxidation sites excluding steroid dienone is 2. The van der Waals surface area contributed by atoms with Gasteiger partial charge in [0.2, 0.25) is 0 Å². The number of aromatic nitrogens is 6. The Labute approximate surface area is 186 Å². The van der Waals surface area contributed by atoms with Crippen LogP contribution in [-0.2, 0) is 13.0 Å². The number of aliphatic hydroxyl groups is 1. The molecule has 0 aromatic carbocycles. The number of aliphatic hydroxyl groups excluding tert-OH is 1. The molecule has 168 valence electrons. The fraction of sp³-hybridized carbons (Fsp3) is 0.522. The summed E-state index contributed by atoms with van der Waals surface area (Å²) in [5.74, 6) is 1.02. The number of rotatable bonds is 7. The third-order valence-corrected chi connectivity index (χ3v) is 6.64. The molecule has 1 saturated carbocycles. The molecule has 0 radical (unpaired) electrons. The van der Waals surface area contributed by atoms with Crippen molar-refractivity contribution in [1.82, 2.24) is 35.1 Å². The fourth-order valence-electron chi connectivity index (χ4n) is 5.42. The first-order valence-electron chi connectivity index (χ1n) is 11.4. The third kappa shape index (κ3) is 4.17. The number of hydrogen-bond acceptors (Lipinski definition) is 6. The maximum atomic E-state index is 13.2. The van der Waals surface area contributed by atoms with E-state index in [4.69, 9.17) is 5.11 Å². The highest BCUT2D eigenvalue weighted by atomic mass is 16.3. The van der Waals surface area contributed by atoms with E-state index in [0.717, 1.165) is 24.1 Å². The summed E-state index contributed by atoms with van der Waals surface area (Å²) in [6, 6.07) is 5.58. The van der Waals surface area contributed by atoms with E-state index in [-0.39, 0.29) is 17.9 Å². The number of fused-ring (bicyclic) bond motifs is 3. The van der Waals surface area contributed by atoms with Crippen molar-refractivity contribution in [2.24, 2.45) is 11.3 Å². The van der Waals surface area contributed by atoms with Crippen molar-refractivity contribution in [2.75, 3.05) is 13.2 Å². The van der Waals surface area contributed by atoms with Crippen molar-refractivity contribution in [3.8, 4) is 0 Å². The summed E-state index contributed by atoms with van der Waals surface area (Å²) in [5.41, 5.74) is 3.87. The standard InChI is InChI=1S/C23H29N7O2/c1-16-10-17-4-2-7-23(12-16,13-17)15-24-22(32)19-5-3-8-29-20(19)11-18(26-29)14-30-27-21(6-9-31)25-28-30/h3,5,8,10-11,16,31H,2,4,6-7,9,12-15H2,1H3,(H,24,32). The van der Waals surface area contributed by atoms with E-state index >= 15 is 0 Å². The molecule has 0 aliphatic heterocycles. The Bertz CT molecular complexity index is 1160. The van der Waals surface area contributed by atoms with Crippen LogP contribution in [-0.4, -0.2) is 54.0 Å². The zero-order chi connectivity index (χ0) is 22.1. The third-order valence-electron chi connectivity index (χ3n) is 6.64. The van der Waals surface area contributed by atoms with Crippen molar-refractivity contribution in [3.63, 3.8) is 0 Å². The predicted molar refractivity (Wildman–Crippen MR) is 118 cm³/mol. The van der Waals surface area contributed by atoms with Crippen LogP contribution >= 0.6 is 0 Å². The molecule has 32 heavy (non-hydrogen) atoms. The van der Waals surface area contributed by atoms with Crippen molar-refractivity contribution in [3.05, 3.63) is 53.1 Å². The first-order chi connectivity index (χ1) is 15.5. The lowest BCUT2D eigenvalue weighted by Crippen LogP contribution is -2.42. The molecule has 0 spiro atoms. The largest absolute Gasteiger partial charge is 0.396 e. The van der Waals surface area contributed by atoms with Gasteiger partial charge in [-0.2, -0.15) is 9.90 Å². The van der Waals surface area contributed by atoms with Gasteiger partial charge in [0.05, 0.1) is 23.4 Å². The lowest BCUT2D eigenvalue weighted by atomic mass is 9.63. The second-order valence-electron chi connectivity index (χ2n) is 9.32. The molecule has 3 aromatic heterocycles. The van der Waals surface area contributed by atoms with Crippen LogP contribution in [0.5, 0.6) is 0 Å². The van der Waals surface area contributed by atoms with Crippen LogP contribution in [0, 0.1) is 11.3 Å². The minimum Gasteiger partial charge on any atom is -0.396 e. The summed E-state index contributed by atoms with van der Waals surface area (Å²) in [7, 11) is 0. The molecule has 3 aromatic rings. The first kappa shape index (κ1) is 20.8. The monoisotopic (exact) mass is 435 g/mol. The van der Waals surface area contributed by atoms with Crippen LogP contribution in [0.2, 0.25) is 0 Å². The number of nitrogens with zero attached hydrogens (tertiary/aromatic N) is 6. The van der Waals surface area contributed by atoms with E-state index in [2.05, 4.69) is 38.8 Å². The van der Waals surface area contributed by atoms with Gasteiger partial charge in [-0.1, -0.05) is 18.6 Å². The molecule has 9 heteroatoms. The van der Waals surface area contributed by atoms with Gasteiger partial charge in [-0.3, -0.25) is 4.79 Å². The maximum Gasteiger partial charge on any atom is 0.253 e. The Morgan fingerprint density at radius 2 is 2.28 bits per heavy atom. The molecule has 2 aliphatic rings. The lowest BCUT2D eigenvalue weighted by Gasteiger charge is -2.43. The molecule has 2 atom stereocenters. The zero-order valence-corrected chi connectivity index (χ0v) is 18.4. The van der Waals surface area contributed by atoms with Gasteiger partial charge in [0.1, 0.15) is 6.54 Å². The van der Waals surface area contributed by atoms with Crippen molar-refractivity contribution in [1.29, 1.82) is 0 Å². The maximum absolute atomic E-state index is 13.2. The van der Waals surface area contributed by atoms with Crippen LogP contribution in [0.3, 0.4) is 0 Å². The topological polar surface area (TPSA) is 110 Å². The number of pyridine rings is 1. The van der Waals surface area contributed by atoms with Gasteiger partial charge in [0, 0.05) is 19.2 Å². The fourth-order valence-corrected chi connectivity index (χ4v) is 5.42. The summed E-state index contributed by atoms with van der Waals surface area (Å²) < 4.78 is 1.72. The van der Waals surface area contributed by atoms with E-state index in [1.54, 1.807) is 10.1 Å². The molecule has 2 N–H and O–H groups in total. The lowest BCUT2D eigenvalue weighted by molar-refractivity contribution is 0.0901. The van der Waals surface area contributed by atoms with E-state index in [9.17, 15) is 4.79 Å². The minimum absolute atomic E-state index is 0.0175. The smallest absolute Gasteiger partial charge is 0.253 e. The molecule has 3 heterocycles. The second-order valence-corrected chi connectivity index (χ2v) is 9.32. The highest BCUT2D eigenvalue weighted by molar-refractivity contribution is 6.00. The zero-order valence-electron chi connectivity index (χ0n) is 18.4. The Kier molecular flexibility index (Phi) is 5.50. The number of amides is 1. The van der Waals surface area contributed by atoms with Crippen molar-refractivity contribution in [2.45, 2.75) is 52.0 Å².